The Morgan fingerprint density at radius 1 is 1.31 bits per heavy atom. The number of fused-ring (bicyclic) bond motifs is 1. The van der Waals surface area contributed by atoms with Crippen LogP contribution in [0, 0.1) is 11.3 Å². The number of nitrogens with zero attached hydrogens (tertiary/aromatic N) is 1. The average Bonchev–Trinajstić information content (AvgIpc) is 2.64. The summed E-state index contributed by atoms with van der Waals surface area (Å²) in [6, 6.07) is 3.79. The molecule has 0 bridgehead atoms. The Balaban J connectivity index is 2.59. The molecule has 0 unspecified atom stereocenters. The van der Waals surface area contributed by atoms with Crippen molar-refractivity contribution in [3.05, 3.63) is 23.3 Å². The molecule has 1 heterocycles. The van der Waals surface area contributed by atoms with Gasteiger partial charge in [0.15, 0.2) is 11.5 Å². The van der Waals surface area contributed by atoms with E-state index in [2.05, 4.69) is 0 Å². The SMILES string of the molecule is N#CCc1c(C(F)(F)F)ccc2c1OCO2. The van der Waals surface area contributed by atoms with E-state index in [9.17, 15) is 13.2 Å². The number of nitriles is 1. The number of ether oxygens (including phenoxy) is 2. The van der Waals surface area contributed by atoms with E-state index in [0.29, 0.717) is 0 Å². The van der Waals surface area contributed by atoms with E-state index in [-0.39, 0.29) is 30.3 Å². The summed E-state index contributed by atoms with van der Waals surface area (Å²) < 4.78 is 47.8. The van der Waals surface area contributed by atoms with Gasteiger partial charge in [0.1, 0.15) is 0 Å². The summed E-state index contributed by atoms with van der Waals surface area (Å²) in [6.07, 6.45) is -4.85. The second kappa shape index (κ2) is 3.59. The van der Waals surface area contributed by atoms with E-state index in [1.54, 1.807) is 6.07 Å². The minimum Gasteiger partial charge on any atom is -0.454 e. The van der Waals surface area contributed by atoms with E-state index in [0.717, 1.165) is 6.07 Å². The Hall–Kier alpha value is -1.90. The first-order valence-corrected chi connectivity index (χ1v) is 4.39. The molecule has 1 aliphatic heterocycles. The summed E-state index contributed by atoms with van der Waals surface area (Å²) in [5.41, 5.74) is -1.01. The van der Waals surface area contributed by atoms with Gasteiger partial charge < -0.3 is 9.47 Å². The van der Waals surface area contributed by atoms with Crippen LogP contribution < -0.4 is 9.47 Å². The molecule has 1 aromatic carbocycles. The van der Waals surface area contributed by atoms with Gasteiger partial charge in [0, 0.05) is 5.56 Å². The molecule has 0 aliphatic carbocycles. The lowest BCUT2D eigenvalue weighted by Gasteiger charge is -2.12. The minimum atomic E-state index is -4.49. The zero-order valence-corrected chi connectivity index (χ0v) is 7.97. The molecule has 0 saturated heterocycles. The summed E-state index contributed by atoms with van der Waals surface area (Å²) in [5, 5.41) is 8.53. The maximum atomic E-state index is 12.6. The predicted molar refractivity (Wildman–Crippen MR) is 46.9 cm³/mol. The van der Waals surface area contributed by atoms with Crippen molar-refractivity contribution in [1.29, 1.82) is 5.26 Å². The molecule has 16 heavy (non-hydrogen) atoms. The molecule has 84 valence electrons. The van der Waals surface area contributed by atoms with Gasteiger partial charge in [-0.15, -0.1) is 0 Å². The highest BCUT2D eigenvalue weighted by molar-refractivity contribution is 5.53. The van der Waals surface area contributed by atoms with Gasteiger partial charge in [0.05, 0.1) is 18.1 Å². The molecule has 0 saturated carbocycles. The predicted octanol–water partition coefficient (Wildman–Crippen LogP) is 2.50. The minimum absolute atomic E-state index is 0.0244. The second-order valence-electron chi connectivity index (χ2n) is 3.16. The molecule has 0 amide bonds. The van der Waals surface area contributed by atoms with Crippen molar-refractivity contribution in [2.24, 2.45) is 0 Å². The van der Waals surface area contributed by atoms with Crippen LogP contribution in [0.15, 0.2) is 12.1 Å². The topological polar surface area (TPSA) is 42.2 Å². The lowest BCUT2D eigenvalue weighted by Crippen LogP contribution is -2.09. The smallest absolute Gasteiger partial charge is 0.416 e. The Labute approximate surface area is 89.0 Å². The molecule has 6 heteroatoms. The normalized spacial score (nSPS) is 13.6. The Morgan fingerprint density at radius 2 is 2.06 bits per heavy atom. The largest absolute Gasteiger partial charge is 0.454 e. The van der Waals surface area contributed by atoms with E-state index < -0.39 is 11.7 Å². The van der Waals surface area contributed by atoms with Crippen molar-refractivity contribution in [3.63, 3.8) is 0 Å². The average molecular weight is 229 g/mol. The van der Waals surface area contributed by atoms with Crippen LogP contribution in [0.2, 0.25) is 0 Å². The van der Waals surface area contributed by atoms with E-state index in [1.807, 2.05) is 0 Å². The van der Waals surface area contributed by atoms with Gasteiger partial charge in [-0.2, -0.15) is 18.4 Å². The molecule has 0 fully saturated rings. The molecule has 0 atom stereocenters. The fraction of sp³-hybridized carbons (Fsp3) is 0.300. The van der Waals surface area contributed by atoms with Crippen molar-refractivity contribution < 1.29 is 22.6 Å². The summed E-state index contributed by atoms with van der Waals surface area (Å²) >= 11 is 0. The molecule has 1 aromatic rings. The molecule has 0 aromatic heterocycles. The van der Waals surface area contributed by atoms with E-state index >= 15 is 0 Å². The van der Waals surface area contributed by atoms with Crippen molar-refractivity contribution in [3.8, 4) is 17.6 Å². The monoisotopic (exact) mass is 229 g/mol. The zero-order chi connectivity index (χ0) is 11.8. The summed E-state index contributed by atoms with van der Waals surface area (Å²) in [7, 11) is 0. The van der Waals surface area contributed by atoms with Gasteiger partial charge in [0.2, 0.25) is 6.79 Å². The Morgan fingerprint density at radius 3 is 2.69 bits per heavy atom. The van der Waals surface area contributed by atoms with Crippen LogP contribution in [-0.4, -0.2) is 6.79 Å². The molecule has 0 spiro atoms. The van der Waals surface area contributed by atoms with E-state index in [1.165, 1.54) is 6.07 Å². The fourth-order valence-electron chi connectivity index (χ4n) is 1.55. The van der Waals surface area contributed by atoms with E-state index in [4.69, 9.17) is 14.7 Å². The van der Waals surface area contributed by atoms with Gasteiger partial charge >= 0.3 is 6.18 Å². The van der Waals surface area contributed by atoms with Gasteiger partial charge in [-0.05, 0) is 12.1 Å². The van der Waals surface area contributed by atoms with Crippen molar-refractivity contribution in [2.75, 3.05) is 6.79 Å². The van der Waals surface area contributed by atoms with Crippen LogP contribution in [-0.2, 0) is 12.6 Å². The Kier molecular flexibility index (Phi) is 2.38. The van der Waals surface area contributed by atoms with Crippen LogP contribution >= 0.6 is 0 Å². The first kappa shape index (κ1) is 10.6. The third kappa shape index (κ3) is 1.65. The highest BCUT2D eigenvalue weighted by atomic mass is 19.4. The first-order valence-electron chi connectivity index (χ1n) is 4.39. The van der Waals surface area contributed by atoms with Crippen LogP contribution in [0.1, 0.15) is 11.1 Å². The standard InChI is InChI=1S/C10H6F3NO2/c11-10(12,13)7-1-2-8-9(16-5-15-8)6(7)3-4-14/h1-2H,3,5H2. The summed E-state index contributed by atoms with van der Waals surface area (Å²) in [5.74, 6) is 0.273. The van der Waals surface area contributed by atoms with Crippen LogP contribution in [0.5, 0.6) is 11.5 Å². The molecular formula is C10H6F3NO2. The van der Waals surface area contributed by atoms with Crippen LogP contribution in [0.4, 0.5) is 13.2 Å². The number of halogens is 3. The third-order valence-corrected chi connectivity index (χ3v) is 2.20. The number of hydrogen-bond acceptors (Lipinski definition) is 3. The number of hydrogen-bond donors (Lipinski definition) is 0. The third-order valence-electron chi connectivity index (χ3n) is 2.20. The first-order chi connectivity index (χ1) is 7.54. The number of alkyl halides is 3. The lowest BCUT2D eigenvalue weighted by molar-refractivity contribution is -0.138. The van der Waals surface area contributed by atoms with Gasteiger partial charge in [-0.25, -0.2) is 0 Å². The molecular weight excluding hydrogens is 223 g/mol. The molecule has 3 nitrogen and oxygen atoms in total. The van der Waals surface area contributed by atoms with Crippen molar-refractivity contribution >= 4 is 0 Å². The number of benzene rings is 1. The maximum absolute atomic E-state index is 12.6. The quantitative estimate of drug-likeness (QED) is 0.742. The van der Waals surface area contributed by atoms with Gasteiger partial charge in [0.25, 0.3) is 0 Å². The lowest BCUT2D eigenvalue weighted by atomic mass is 10.0. The summed E-state index contributed by atoms with van der Waals surface area (Å²) in [4.78, 5) is 0. The van der Waals surface area contributed by atoms with Gasteiger partial charge in [-0.1, -0.05) is 0 Å². The summed E-state index contributed by atoms with van der Waals surface area (Å²) in [6.45, 7) is -0.116. The zero-order valence-electron chi connectivity index (χ0n) is 7.97. The van der Waals surface area contributed by atoms with Crippen molar-refractivity contribution in [2.45, 2.75) is 12.6 Å². The van der Waals surface area contributed by atoms with Crippen molar-refractivity contribution in [1.82, 2.24) is 0 Å². The van der Waals surface area contributed by atoms with Crippen LogP contribution in [0.25, 0.3) is 0 Å². The highest BCUT2D eigenvalue weighted by Gasteiger charge is 2.36. The molecule has 2 rings (SSSR count). The number of rotatable bonds is 1. The highest BCUT2D eigenvalue weighted by Crippen LogP contribution is 2.43. The second-order valence-corrected chi connectivity index (χ2v) is 3.16. The van der Waals surface area contributed by atoms with Gasteiger partial charge in [-0.3, -0.25) is 0 Å². The maximum Gasteiger partial charge on any atom is 0.416 e. The molecule has 0 radical (unpaired) electrons. The molecule has 0 N–H and O–H groups in total. The Bertz CT molecular complexity index is 462. The molecule has 1 aliphatic rings. The van der Waals surface area contributed by atoms with Crippen LogP contribution in [0.3, 0.4) is 0 Å². The fourth-order valence-corrected chi connectivity index (χ4v) is 1.55.